The van der Waals surface area contributed by atoms with Crippen LogP contribution in [0.25, 0.3) is 0 Å². The van der Waals surface area contributed by atoms with Crippen molar-refractivity contribution in [2.75, 3.05) is 31.1 Å². The van der Waals surface area contributed by atoms with Crippen LogP contribution >= 0.6 is 0 Å². The minimum Gasteiger partial charge on any atom is -0.506 e. The zero-order valence-electron chi connectivity index (χ0n) is 16.2. The molecule has 0 bridgehead atoms. The van der Waals surface area contributed by atoms with Crippen molar-refractivity contribution < 1.29 is 14.6 Å². The zero-order valence-corrected chi connectivity index (χ0v) is 16.2. The third-order valence-electron chi connectivity index (χ3n) is 5.14. The summed E-state index contributed by atoms with van der Waals surface area (Å²) in [5.41, 5.74) is 2.59. The van der Waals surface area contributed by atoms with Gasteiger partial charge in [-0.15, -0.1) is 0 Å². The molecule has 148 valence electrons. The van der Waals surface area contributed by atoms with Crippen molar-refractivity contribution in [2.24, 2.45) is 0 Å². The Labute approximate surface area is 170 Å². The summed E-state index contributed by atoms with van der Waals surface area (Å²) in [5, 5.41) is 10.0. The topological polar surface area (TPSA) is 53.0 Å². The predicted octanol–water partition coefficient (Wildman–Crippen LogP) is 3.93. The van der Waals surface area contributed by atoms with Gasteiger partial charge < -0.3 is 19.6 Å². The van der Waals surface area contributed by atoms with E-state index in [-0.39, 0.29) is 11.7 Å². The van der Waals surface area contributed by atoms with Gasteiger partial charge in [-0.25, -0.2) is 0 Å². The van der Waals surface area contributed by atoms with E-state index in [0.29, 0.717) is 38.3 Å². The largest absolute Gasteiger partial charge is 0.506 e. The molecule has 5 nitrogen and oxygen atoms in total. The Bertz CT molecular complexity index is 949. The van der Waals surface area contributed by atoms with Crippen LogP contribution < -0.4 is 9.64 Å². The van der Waals surface area contributed by atoms with Crippen LogP contribution in [-0.4, -0.2) is 42.1 Å². The molecule has 1 aliphatic rings. The highest BCUT2D eigenvalue weighted by molar-refractivity contribution is 5.94. The van der Waals surface area contributed by atoms with Gasteiger partial charge >= 0.3 is 0 Å². The van der Waals surface area contributed by atoms with E-state index in [1.165, 1.54) is 0 Å². The molecule has 0 atom stereocenters. The van der Waals surface area contributed by atoms with Crippen molar-refractivity contribution in [1.29, 1.82) is 0 Å². The molecule has 3 aromatic rings. The van der Waals surface area contributed by atoms with Crippen molar-refractivity contribution in [3.05, 3.63) is 90.0 Å². The second-order valence-corrected chi connectivity index (χ2v) is 7.07. The maximum Gasteiger partial charge on any atom is 0.253 e. The summed E-state index contributed by atoms with van der Waals surface area (Å²) in [7, 11) is 0. The van der Waals surface area contributed by atoms with Gasteiger partial charge in [-0.3, -0.25) is 4.79 Å². The lowest BCUT2D eigenvalue weighted by Crippen LogP contribution is -2.48. The van der Waals surface area contributed by atoms with Crippen molar-refractivity contribution in [3.63, 3.8) is 0 Å². The SMILES string of the molecule is O=C(c1ccc(OCc2ccccc2)cc1)N1CCN(c2ccccc2O)CC1. The number of para-hydroxylation sites is 2. The highest BCUT2D eigenvalue weighted by Gasteiger charge is 2.23. The number of aromatic hydroxyl groups is 1. The van der Waals surface area contributed by atoms with Crippen molar-refractivity contribution >= 4 is 11.6 Å². The van der Waals surface area contributed by atoms with E-state index in [0.717, 1.165) is 17.0 Å². The van der Waals surface area contributed by atoms with Gasteiger partial charge in [-0.05, 0) is 42.0 Å². The van der Waals surface area contributed by atoms with E-state index in [1.807, 2.05) is 77.7 Å². The third kappa shape index (κ3) is 4.51. The molecule has 1 saturated heterocycles. The highest BCUT2D eigenvalue weighted by atomic mass is 16.5. The molecule has 1 fully saturated rings. The quantitative estimate of drug-likeness (QED) is 0.720. The van der Waals surface area contributed by atoms with E-state index >= 15 is 0 Å². The molecule has 1 heterocycles. The molecule has 3 aromatic carbocycles. The van der Waals surface area contributed by atoms with Gasteiger partial charge in [-0.1, -0.05) is 42.5 Å². The van der Waals surface area contributed by atoms with Gasteiger partial charge in [0.15, 0.2) is 0 Å². The van der Waals surface area contributed by atoms with Crippen molar-refractivity contribution in [1.82, 2.24) is 4.90 Å². The first kappa shape index (κ1) is 18.9. The fraction of sp³-hybridized carbons (Fsp3) is 0.208. The second-order valence-electron chi connectivity index (χ2n) is 7.07. The second kappa shape index (κ2) is 8.69. The smallest absolute Gasteiger partial charge is 0.253 e. The van der Waals surface area contributed by atoms with Gasteiger partial charge in [0.25, 0.3) is 5.91 Å². The number of phenolic OH excluding ortho intramolecular Hbond substituents is 1. The van der Waals surface area contributed by atoms with Crippen LogP contribution in [0, 0.1) is 0 Å². The zero-order chi connectivity index (χ0) is 20.1. The molecule has 0 radical (unpaired) electrons. The standard InChI is InChI=1S/C24H24N2O3/c27-23-9-5-4-8-22(23)25-14-16-26(17-15-25)24(28)20-10-12-21(13-11-20)29-18-19-6-2-1-3-7-19/h1-13,27H,14-18H2. The minimum atomic E-state index is 0.0246. The van der Waals surface area contributed by atoms with Gasteiger partial charge in [0.1, 0.15) is 18.1 Å². The summed E-state index contributed by atoms with van der Waals surface area (Å²) in [6.07, 6.45) is 0. The molecule has 5 heteroatoms. The average molecular weight is 388 g/mol. The molecule has 0 unspecified atom stereocenters. The summed E-state index contributed by atoms with van der Waals surface area (Å²) in [5.74, 6) is 1.05. The van der Waals surface area contributed by atoms with Crippen LogP contribution in [0.1, 0.15) is 15.9 Å². The van der Waals surface area contributed by atoms with E-state index < -0.39 is 0 Å². The van der Waals surface area contributed by atoms with E-state index in [4.69, 9.17) is 4.74 Å². The van der Waals surface area contributed by atoms with Gasteiger partial charge in [0.2, 0.25) is 0 Å². The summed E-state index contributed by atoms with van der Waals surface area (Å²) in [4.78, 5) is 16.8. The number of hydrogen-bond donors (Lipinski definition) is 1. The number of anilines is 1. The summed E-state index contributed by atoms with van der Waals surface area (Å²) in [6, 6.07) is 24.6. The molecule has 1 N–H and O–H groups in total. The Balaban J connectivity index is 1.32. The number of hydrogen-bond acceptors (Lipinski definition) is 4. The number of amides is 1. The van der Waals surface area contributed by atoms with Crippen LogP contribution in [0.4, 0.5) is 5.69 Å². The number of benzene rings is 3. The molecule has 4 rings (SSSR count). The molecule has 1 amide bonds. The Morgan fingerprint density at radius 3 is 2.17 bits per heavy atom. The fourth-order valence-corrected chi connectivity index (χ4v) is 3.50. The maximum absolute atomic E-state index is 12.8. The Morgan fingerprint density at radius 2 is 1.48 bits per heavy atom. The predicted molar refractivity (Wildman–Crippen MR) is 113 cm³/mol. The van der Waals surface area contributed by atoms with Crippen LogP contribution in [0.5, 0.6) is 11.5 Å². The number of carbonyl (C=O) groups excluding carboxylic acids is 1. The molecule has 0 aliphatic carbocycles. The maximum atomic E-state index is 12.8. The number of rotatable bonds is 5. The summed E-state index contributed by atoms with van der Waals surface area (Å²) in [6.45, 7) is 3.14. The molecular formula is C24H24N2O3. The van der Waals surface area contributed by atoms with E-state index in [9.17, 15) is 9.90 Å². The Hall–Kier alpha value is -3.47. The first-order valence-electron chi connectivity index (χ1n) is 9.80. The van der Waals surface area contributed by atoms with Crippen LogP contribution in [0.3, 0.4) is 0 Å². The average Bonchev–Trinajstić information content (AvgIpc) is 2.79. The first-order chi connectivity index (χ1) is 14.2. The molecular weight excluding hydrogens is 364 g/mol. The lowest BCUT2D eigenvalue weighted by atomic mass is 10.1. The number of carbonyl (C=O) groups is 1. The number of phenols is 1. The molecule has 1 aliphatic heterocycles. The van der Waals surface area contributed by atoms with Crippen molar-refractivity contribution in [2.45, 2.75) is 6.61 Å². The number of piperazine rings is 1. The number of ether oxygens (including phenoxy) is 1. The molecule has 0 spiro atoms. The monoisotopic (exact) mass is 388 g/mol. The molecule has 0 saturated carbocycles. The highest BCUT2D eigenvalue weighted by Crippen LogP contribution is 2.27. The van der Waals surface area contributed by atoms with E-state index in [1.54, 1.807) is 6.07 Å². The normalized spacial score (nSPS) is 13.9. The van der Waals surface area contributed by atoms with Gasteiger partial charge in [0.05, 0.1) is 5.69 Å². The van der Waals surface area contributed by atoms with Gasteiger partial charge in [0, 0.05) is 31.7 Å². The number of nitrogens with zero attached hydrogens (tertiary/aromatic N) is 2. The summed E-state index contributed by atoms with van der Waals surface area (Å²) < 4.78 is 5.79. The minimum absolute atomic E-state index is 0.0246. The Kier molecular flexibility index (Phi) is 5.66. The van der Waals surface area contributed by atoms with E-state index in [2.05, 4.69) is 4.90 Å². The molecule has 0 aromatic heterocycles. The summed E-state index contributed by atoms with van der Waals surface area (Å²) >= 11 is 0. The molecule has 29 heavy (non-hydrogen) atoms. The Morgan fingerprint density at radius 1 is 0.828 bits per heavy atom. The van der Waals surface area contributed by atoms with Gasteiger partial charge in [-0.2, -0.15) is 0 Å². The lowest BCUT2D eigenvalue weighted by molar-refractivity contribution is 0.0746. The lowest BCUT2D eigenvalue weighted by Gasteiger charge is -2.36. The van der Waals surface area contributed by atoms with Crippen molar-refractivity contribution in [3.8, 4) is 11.5 Å². The first-order valence-corrected chi connectivity index (χ1v) is 9.80. The fourth-order valence-electron chi connectivity index (χ4n) is 3.50. The third-order valence-corrected chi connectivity index (χ3v) is 5.14. The van der Waals surface area contributed by atoms with Crippen LogP contribution in [0.15, 0.2) is 78.9 Å². The van der Waals surface area contributed by atoms with Crippen LogP contribution in [-0.2, 0) is 6.61 Å². The van der Waals surface area contributed by atoms with Crippen LogP contribution in [0.2, 0.25) is 0 Å².